The monoisotopic (exact) mass is 406 g/mol. The molecule has 1 saturated heterocycles. The lowest BCUT2D eigenvalue weighted by Crippen LogP contribution is -2.29. The molecule has 1 atom stereocenters. The summed E-state index contributed by atoms with van der Waals surface area (Å²) >= 11 is 0. The molecule has 0 spiro atoms. The van der Waals surface area contributed by atoms with Crippen LogP contribution in [-0.2, 0) is 17.4 Å². The van der Waals surface area contributed by atoms with E-state index in [9.17, 15) is 22.8 Å². The first-order valence-corrected chi connectivity index (χ1v) is 8.82. The summed E-state index contributed by atoms with van der Waals surface area (Å²) in [6.45, 7) is 4.18. The van der Waals surface area contributed by atoms with Crippen LogP contribution in [0.25, 0.3) is 0 Å². The third-order valence-corrected chi connectivity index (χ3v) is 4.51. The van der Waals surface area contributed by atoms with E-state index in [4.69, 9.17) is 2.74 Å². The number of carbonyl (C=O) groups is 2. The number of hydrogen-bond acceptors (Lipinski definition) is 4. The lowest BCUT2D eigenvalue weighted by atomic mass is 10.0. The van der Waals surface area contributed by atoms with Crippen LogP contribution in [-0.4, -0.2) is 39.8 Å². The van der Waals surface area contributed by atoms with E-state index in [1.165, 1.54) is 0 Å². The Morgan fingerprint density at radius 2 is 1.93 bits per heavy atom. The van der Waals surface area contributed by atoms with Gasteiger partial charge in [0.15, 0.2) is 0 Å². The van der Waals surface area contributed by atoms with Crippen LogP contribution in [0.3, 0.4) is 0 Å². The maximum atomic E-state index is 12.9. The number of alkyl halides is 3. The highest BCUT2D eigenvalue weighted by molar-refractivity contribution is 5.99. The third kappa shape index (κ3) is 5.18. The number of hydrogen-bond donors (Lipinski definition) is 1. The molecule has 0 saturated carbocycles. The van der Waals surface area contributed by atoms with Crippen molar-refractivity contribution < 1.29 is 25.5 Å². The van der Waals surface area contributed by atoms with Crippen molar-refractivity contribution in [2.24, 2.45) is 5.92 Å². The summed E-state index contributed by atoms with van der Waals surface area (Å²) in [6, 6.07) is 6.38. The van der Waals surface area contributed by atoms with Gasteiger partial charge in [0, 0.05) is 43.1 Å². The van der Waals surface area contributed by atoms with Crippen LogP contribution in [0.15, 0.2) is 49.3 Å². The second kappa shape index (κ2) is 8.42. The second-order valence-corrected chi connectivity index (χ2v) is 6.62. The standard InChI is InChI=1S/C20H19F3N4O2/c1-2-18(28)26-16-5-3-14(4-6-16)19(29)27-8-7-13(12-27)9-17-24-10-15(11-25-17)20(21,22)23/h2-6,10-11,13H,1,7-9,12H2,(H,26,28)/t13-/m0/s1/i10D,11D. The third-order valence-electron chi connectivity index (χ3n) is 4.51. The van der Waals surface area contributed by atoms with Crippen molar-refractivity contribution in [3.8, 4) is 0 Å². The SMILES string of the molecule is [2H]c1nc(C[C@@H]2CCN(C(=O)c3ccc(NC(=O)C=C)cc3)C2)nc([2H])c1C(F)(F)F. The molecule has 0 radical (unpaired) electrons. The Kier molecular flexibility index (Phi) is 5.18. The first kappa shape index (κ1) is 17.8. The van der Waals surface area contributed by atoms with Gasteiger partial charge in [-0.3, -0.25) is 9.59 Å². The first-order chi connectivity index (χ1) is 14.6. The number of anilines is 1. The van der Waals surface area contributed by atoms with Gasteiger partial charge in [0.2, 0.25) is 5.91 Å². The molecule has 29 heavy (non-hydrogen) atoms. The number of carbonyl (C=O) groups excluding carboxylic acids is 2. The molecular weight excluding hydrogens is 385 g/mol. The van der Waals surface area contributed by atoms with Crippen molar-refractivity contribution in [3.63, 3.8) is 0 Å². The molecule has 152 valence electrons. The quantitative estimate of drug-likeness (QED) is 0.773. The number of halogens is 3. The highest BCUT2D eigenvalue weighted by Gasteiger charge is 2.32. The highest BCUT2D eigenvalue weighted by atomic mass is 19.4. The van der Waals surface area contributed by atoms with Crippen LogP contribution in [0.5, 0.6) is 0 Å². The molecule has 3 rings (SSSR count). The van der Waals surface area contributed by atoms with Crippen LogP contribution >= 0.6 is 0 Å². The van der Waals surface area contributed by atoms with Crippen molar-refractivity contribution in [1.29, 1.82) is 0 Å². The van der Waals surface area contributed by atoms with Crippen molar-refractivity contribution in [3.05, 3.63) is 66.2 Å². The summed E-state index contributed by atoms with van der Waals surface area (Å²) in [6.07, 6.45) is -4.98. The maximum Gasteiger partial charge on any atom is 0.419 e. The summed E-state index contributed by atoms with van der Waals surface area (Å²) in [5.74, 6) is -0.673. The molecule has 0 aliphatic carbocycles. The normalized spacial score (nSPS) is 17.5. The van der Waals surface area contributed by atoms with Gasteiger partial charge in [-0.2, -0.15) is 13.2 Å². The molecule has 1 aromatic carbocycles. The van der Waals surface area contributed by atoms with Gasteiger partial charge in [-0.05, 0) is 42.7 Å². The van der Waals surface area contributed by atoms with E-state index in [0.717, 1.165) is 6.08 Å². The summed E-state index contributed by atoms with van der Waals surface area (Å²) in [5, 5.41) is 2.59. The fourth-order valence-corrected chi connectivity index (χ4v) is 3.02. The van der Waals surface area contributed by atoms with Gasteiger partial charge in [-0.1, -0.05) is 6.58 Å². The van der Waals surface area contributed by atoms with Crippen LogP contribution in [0.4, 0.5) is 18.9 Å². The predicted molar refractivity (Wildman–Crippen MR) is 100 cm³/mol. The maximum absolute atomic E-state index is 12.9. The predicted octanol–water partition coefficient (Wildman–Crippen LogP) is 3.32. The number of benzene rings is 1. The number of likely N-dealkylation sites (tertiary alicyclic amines) is 1. The summed E-state index contributed by atoms with van der Waals surface area (Å²) in [4.78, 5) is 32.8. The number of amides is 2. The molecule has 9 heteroatoms. The zero-order valence-electron chi connectivity index (χ0n) is 17.3. The van der Waals surface area contributed by atoms with E-state index in [1.807, 2.05) is 0 Å². The average Bonchev–Trinajstić information content (AvgIpc) is 3.14. The molecule has 2 aromatic rings. The van der Waals surface area contributed by atoms with E-state index in [0.29, 0.717) is 30.8 Å². The Labute approximate surface area is 168 Å². The molecule has 2 heterocycles. The highest BCUT2D eigenvalue weighted by Crippen LogP contribution is 2.28. The van der Waals surface area contributed by atoms with Crippen molar-refractivity contribution in [2.75, 3.05) is 18.4 Å². The molecule has 0 bridgehead atoms. The fourth-order valence-electron chi connectivity index (χ4n) is 3.02. The lowest BCUT2D eigenvalue weighted by molar-refractivity contribution is -0.138. The minimum absolute atomic E-state index is 0.00962. The molecule has 6 nitrogen and oxygen atoms in total. The minimum atomic E-state index is -4.85. The van der Waals surface area contributed by atoms with Gasteiger partial charge < -0.3 is 10.2 Å². The number of nitrogens with one attached hydrogen (secondary N) is 1. The molecule has 2 amide bonds. The van der Waals surface area contributed by atoms with Crippen LogP contribution < -0.4 is 5.32 Å². The van der Waals surface area contributed by atoms with E-state index in [2.05, 4.69) is 21.9 Å². The van der Waals surface area contributed by atoms with Crippen molar-refractivity contribution in [2.45, 2.75) is 19.0 Å². The van der Waals surface area contributed by atoms with Gasteiger partial charge >= 0.3 is 6.18 Å². The summed E-state index contributed by atoms with van der Waals surface area (Å²) in [7, 11) is 0. The average molecular weight is 406 g/mol. The van der Waals surface area contributed by atoms with E-state index >= 15 is 0 Å². The van der Waals surface area contributed by atoms with E-state index < -0.39 is 24.1 Å². The smallest absolute Gasteiger partial charge is 0.338 e. The van der Waals surface area contributed by atoms with Gasteiger partial charge in [0.05, 0.1) is 8.30 Å². The summed E-state index contributed by atoms with van der Waals surface area (Å²) in [5.41, 5.74) is -0.491. The second-order valence-electron chi connectivity index (χ2n) is 6.62. The summed E-state index contributed by atoms with van der Waals surface area (Å²) < 4.78 is 53.6. The topological polar surface area (TPSA) is 75.2 Å². The fraction of sp³-hybridized carbons (Fsp3) is 0.300. The Morgan fingerprint density at radius 1 is 1.28 bits per heavy atom. The first-order valence-electron chi connectivity index (χ1n) is 9.82. The van der Waals surface area contributed by atoms with Crippen molar-refractivity contribution in [1.82, 2.24) is 14.9 Å². The number of rotatable bonds is 5. The Hall–Kier alpha value is -3.23. The van der Waals surface area contributed by atoms with E-state index in [1.54, 1.807) is 29.2 Å². The van der Waals surface area contributed by atoms with Gasteiger partial charge in [0.25, 0.3) is 5.91 Å². The zero-order chi connectivity index (χ0) is 22.8. The van der Waals surface area contributed by atoms with Crippen molar-refractivity contribution >= 4 is 17.5 Å². The Bertz CT molecular complexity index is 989. The molecule has 1 aromatic heterocycles. The lowest BCUT2D eigenvalue weighted by Gasteiger charge is -2.17. The molecule has 0 unspecified atom stereocenters. The van der Waals surface area contributed by atoms with E-state index in [-0.39, 0.29) is 30.0 Å². The molecule has 1 aliphatic heterocycles. The number of aromatic nitrogens is 2. The zero-order valence-corrected chi connectivity index (χ0v) is 15.3. The number of nitrogens with zero attached hydrogens (tertiary/aromatic N) is 3. The van der Waals surface area contributed by atoms with Crippen LogP contribution in [0, 0.1) is 5.92 Å². The minimum Gasteiger partial charge on any atom is -0.338 e. The van der Waals surface area contributed by atoms with Gasteiger partial charge in [-0.25, -0.2) is 9.97 Å². The molecule has 1 fully saturated rings. The van der Waals surface area contributed by atoms with Gasteiger partial charge in [0.1, 0.15) is 5.82 Å². The van der Waals surface area contributed by atoms with Crippen LogP contribution in [0.2, 0.25) is 0 Å². The Balaban J connectivity index is 1.63. The molecule has 1 aliphatic rings. The largest absolute Gasteiger partial charge is 0.419 e. The van der Waals surface area contributed by atoms with Gasteiger partial charge in [-0.15, -0.1) is 0 Å². The van der Waals surface area contributed by atoms with Crippen LogP contribution in [0.1, 0.15) is 30.9 Å². The molecular formula is C20H19F3N4O2. The molecule has 1 N–H and O–H groups in total. The Morgan fingerprint density at radius 3 is 2.52 bits per heavy atom.